The van der Waals surface area contributed by atoms with Crippen LogP contribution in [0.25, 0.3) is 10.9 Å². The van der Waals surface area contributed by atoms with E-state index in [9.17, 15) is 4.79 Å². The zero-order valence-corrected chi connectivity index (χ0v) is 20.9. The minimum atomic E-state index is -0.429. The van der Waals surface area contributed by atoms with Crippen molar-refractivity contribution in [2.75, 3.05) is 48.8 Å². The van der Waals surface area contributed by atoms with Crippen LogP contribution in [0.5, 0.6) is 5.75 Å². The SMILES string of the molecule is CCN(CCO)CCCOc1ccc2c(Nc3cccc(NC(=O)Nc4cc(C)on4)c3)ncnc2c1. The molecular formula is C26H31N7O4. The van der Waals surface area contributed by atoms with Gasteiger partial charge in [-0.25, -0.2) is 14.8 Å². The summed E-state index contributed by atoms with van der Waals surface area (Å²) in [6.45, 7) is 7.01. The van der Waals surface area contributed by atoms with Gasteiger partial charge in [0.25, 0.3) is 0 Å². The highest BCUT2D eigenvalue weighted by molar-refractivity contribution is 5.99. The Morgan fingerprint density at radius 1 is 1.08 bits per heavy atom. The predicted molar refractivity (Wildman–Crippen MR) is 142 cm³/mol. The summed E-state index contributed by atoms with van der Waals surface area (Å²) in [5, 5.41) is 22.4. The molecule has 0 spiro atoms. The lowest BCUT2D eigenvalue weighted by molar-refractivity contribution is 0.189. The van der Waals surface area contributed by atoms with Crippen LogP contribution in [0.1, 0.15) is 19.1 Å². The number of likely N-dealkylation sites (N-methyl/N-ethyl adjacent to an activating group) is 1. The Bertz CT molecular complexity index is 1330. The average Bonchev–Trinajstić information content (AvgIpc) is 3.30. The molecule has 0 radical (unpaired) electrons. The van der Waals surface area contributed by atoms with Gasteiger partial charge in [0.2, 0.25) is 0 Å². The molecule has 11 nitrogen and oxygen atoms in total. The third-order valence-electron chi connectivity index (χ3n) is 5.61. The van der Waals surface area contributed by atoms with Crippen LogP contribution in [-0.4, -0.2) is 64.0 Å². The van der Waals surface area contributed by atoms with Crippen LogP contribution in [0.3, 0.4) is 0 Å². The molecule has 4 N–H and O–H groups in total. The number of carbonyl (C=O) groups excluding carboxylic acids is 1. The summed E-state index contributed by atoms with van der Waals surface area (Å²) in [6, 6.07) is 14.2. The maximum absolute atomic E-state index is 12.3. The lowest BCUT2D eigenvalue weighted by Gasteiger charge is -2.18. The van der Waals surface area contributed by atoms with Crippen molar-refractivity contribution in [1.29, 1.82) is 0 Å². The Hall–Kier alpha value is -4.22. The van der Waals surface area contributed by atoms with E-state index in [-0.39, 0.29) is 6.61 Å². The van der Waals surface area contributed by atoms with Crippen molar-refractivity contribution < 1.29 is 19.2 Å². The van der Waals surface area contributed by atoms with Crippen molar-refractivity contribution in [2.45, 2.75) is 20.3 Å². The van der Waals surface area contributed by atoms with E-state index >= 15 is 0 Å². The molecule has 2 amide bonds. The van der Waals surface area contributed by atoms with E-state index in [4.69, 9.17) is 14.4 Å². The lowest BCUT2D eigenvalue weighted by atomic mass is 10.2. The van der Waals surface area contributed by atoms with E-state index in [0.29, 0.717) is 36.2 Å². The number of carbonyl (C=O) groups is 1. The second kappa shape index (κ2) is 12.7. The number of amides is 2. The molecule has 2 aromatic heterocycles. The van der Waals surface area contributed by atoms with E-state index in [1.165, 1.54) is 6.33 Å². The zero-order valence-electron chi connectivity index (χ0n) is 20.9. The minimum absolute atomic E-state index is 0.162. The van der Waals surface area contributed by atoms with Gasteiger partial charge in [0.1, 0.15) is 23.7 Å². The van der Waals surface area contributed by atoms with Gasteiger partial charge in [-0.3, -0.25) is 5.32 Å². The van der Waals surface area contributed by atoms with Crippen LogP contribution in [0, 0.1) is 6.92 Å². The van der Waals surface area contributed by atoms with Gasteiger partial charge in [-0.15, -0.1) is 0 Å². The van der Waals surface area contributed by atoms with Crippen LogP contribution in [0.4, 0.5) is 27.8 Å². The zero-order chi connectivity index (χ0) is 26.0. The topological polar surface area (TPSA) is 138 Å². The fourth-order valence-corrected chi connectivity index (χ4v) is 3.79. The van der Waals surface area contributed by atoms with E-state index in [0.717, 1.165) is 41.9 Å². The largest absolute Gasteiger partial charge is 0.493 e. The van der Waals surface area contributed by atoms with Gasteiger partial charge in [0, 0.05) is 42.0 Å². The first-order chi connectivity index (χ1) is 18.0. The van der Waals surface area contributed by atoms with Gasteiger partial charge < -0.3 is 29.9 Å². The summed E-state index contributed by atoms with van der Waals surface area (Å²) in [6.07, 6.45) is 2.36. The van der Waals surface area contributed by atoms with Gasteiger partial charge in [0.05, 0.1) is 18.7 Å². The first-order valence-electron chi connectivity index (χ1n) is 12.1. The van der Waals surface area contributed by atoms with Gasteiger partial charge in [-0.1, -0.05) is 18.1 Å². The molecule has 2 aromatic carbocycles. The number of rotatable bonds is 12. The third-order valence-corrected chi connectivity index (χ3v) is 5.61. The number of hydrogen-bond acceptors (Lipinski definition) is 9. The molecule has 0 unspecified atom stereocenters. The van der Waals surface area contributed by atoms with E-state index in [2.05, 4.69) is 42.9 Å². The number of nitrogens with zero attached hydrogens (tertiary/aromatic N) is 4. The summed E-state index contributed by atoms with van der Waals surface area (Å²) in [5.74, 6) is 2.32. The first kappa shape index (κ1) is 25.9. The van der Waals surface area contributed by atoms with Crippen molar-refractivity contribution in [3.8, 4) is 5.75 Å². The number of ether oxygens (including phenoxy) is 1. The smallest absolute Gasteiger partial charge is 0.324 e. The van der Waals surface area contributed by atoms with Crippen LogP contribution in [0.15, 0.2) is 59.4 Å². The van der Waals surface area contributed by atoms with Crippen molar-refractivity contribution in [3.63, 3.8) is 0 Å². The van der Waals surface area contributed by atoms with E-state index in [1.807, 2.05) is 30.3 Å². The molecule has 11 heteroatoms. The molecule has 4 aromatic rings. The fourth-order valence-electron chi connectivity index (χ4n) is 3.79. The maximum Gasteiger partial charge on any atom is 0.324 e. The molecule has 0 aliphatic carbocycles. The monoisotopic (exact) mass is 505 g/mol. The molecule has 0 bridgehead atoms. The summed E-state index contributed by atoms with van der Waals surface area (Å²) < 4.78 is 10.9. The molecular weight excluding hydrogens is 474 g/mol. The number of urea groups is 1. The van der Waals surface area contributed by atoms with Gasteiger partial charge in [-0.05, 0) is 50.2 Å². The molecule has 0 saturated carbocycles. The molecule has 0 aliphatic rings. The number of aliphatic hydroxyl groups excluding tert-OH is 1. The summed E-state index contributed by atoms with van der Waals surface area (Å²) in [5.41, 5.74) is 2.10. The molecule has 2 heterocycles. The Balaban J connectivity index is 1.37. The molecule has 37 heavy (non-hydrogen) atoms. The summed E-state index contributed by atoms with van der Waals surface area (Å²) in [4.78, 5) is 23.2. The number of nitrogens with one attached hydrogen (secondary N) is 3. The van der Waals surface area contributed by atoms with Crippen LogP contribution in [0.2, 0.25) is 0 Å². The second-order valence-electron chi connectivity index (χ2n) is 8.37. The first-order valence-corrected chi connectivity index (χ1v) is 12.1. The molecule has 0 fully saturated rings. The number of aliphatic hydroxyl groups is 1. The summed E-state index contributed by atoms with van der Waals surface area (Å²) in [7, 11) is 0. The van der Waals surface area contributed by atoms with Crippen LogP contribution < -0.4 is 20.7 Å². The standard InChI is InChI=1S/C26H31N7O4/c1-3-33(11-12-34)10-5-13-36-21-8-9-22-23(16-21)27-17-28-25(22)29-19-6-4-7-20(15-19)30-26(35)31-24-14-18(2)37-32-24/h4,6-9,14-17,34H,3,5,10-13H2,1-2H3,(H,27,28,29)(H2,30,31,32,35). The fraction of sp³-hybridized carbons (Fsp3) is 0.308. The maximum atomic E-state index is 12.3. The van der Waals surface area contributed by atoms with Crippen LogP contribution >= 0.6 is 0 Å². The lowest BCUT2D eigenvalue weighted by Crippen LogP contribution is -2.28. The summed E-state index contributed by atoms with van der Waals surface area (Å²) >= 11 is 0. The number of fused-ring (bicyclic) bond motifs is 1. The molecule has 0 saturated heterocycles. The predicted octanol–water partition coefficient (Wildman–Crippen LogP) is 4.40. The van der Waals surface area contributed by atoms with Crippen molar-refractivity contribution in [2.24, 2.45) is 0 Å². The van der Waals surface area contributed by atoms with Crippen molar-refractivity contribution in [3.05, 3.63) is 60.6 Å². The highest BCUT2D eigenvalue weighted by atomic mass is 16.5. The molecule has 0 aliphatic heterocycles. The highest BCUT2D eigenvalue weighted by Crippen LogP contribution is 2.27. The number of anilines is 4. The van der Waals surface area contributed by atoms with Gasteiger partial charge >= 0.3 is 6.03 Å². The Morgan fingerprint density at radius 2 is 1.95 bits per heavy atom. The van der Waals surface area contributed by atoms with Gasteiger partial charge in [-0.2, -0.15) is 0 Å². The second-order valence-corrected chi connectivity index (χ2v) is 8.37. The van der Waals surface area contributed by atoms with Crippen molar-refractivity contribution >= 4 is 39.9 Å². The van der Waals surface area contributed by atoms with E-state index in [1.54, 1.807) is 25.1 Å². The highest BCUT2D eigenvalue weighted by Gasteiger charge is 2.09. The number of benzene rings is 2. The quantitative estimate of drug-likeness (QED) is 0.206. The minimum Gasteiger partial charge on any atom is -0.493 e. The van der Waals surface area contributed by atoms with Gasteiger partial charge in [0.15, 0.2) is 5.82 Å². The Morgan fingerprint density at radius 3 is 2.73 bits per heavy atom. The van der Waals surface area contributed by atoms with Crippen molar-refractivity contribution in [1.82, 2.24) is 20.0 Å². The van der Waals surface area contributed by atoms with Crippen LogP contribution in [-0.2, 0) is 0 Å². The van der Waals surface area contributed by atoms with E-state index < -0.39 is 6.03 Å². The average molecular weight is 506 g/mol. The normalized spacial score (nSPS) is 11.0. The molecule has 194 valence electrons. The Kier molecular flexibility index (Phi) is 8.84. The number of hydrogen-bond donors (Lipinski definition) is 4. The molecule has 4 rings (SSSR count). The molecule has 0 atom stereocenters. The Labute approximate surface area is 214 Å². The number of aromatic nitrogens is 3. The number of aryl methyl sites for hydroxylation is 1. The third kappa shape index (κ3) is 7.38.